The lowest BCUT2D eigenvalue weighted by Gasteiger charge is -2.22. The van der Waals surface area contributed by atoms with E-state index in [4.69, 9.17) is 4.74 Å². The molecule has 2 rings (SSSR count). The van der Waals surface area contributed by atoms with Crippen LogP contribution in [0.3, 0.4) is 0 Å². The van der Waals surface area contributed by atoms with Crippen molar-refractivity contribution in [1.82, 2.24) is 20.0 Å². The average Bonchev–Trinajstić information content (AvgIpc) is 3.00. The number of rotatable bonds is 7. The third kappa shape index (κ3) is 3.61. The van der Waals surface area contributed by atoms with Crippen LogP contribution in [0, 0.1) is 0 Å². The second-order valence-corrected chi connectivity index (χ2v) is 6.38. The van der Waals surface area contributed by atoms with Crippen LogP contribution in [-0.4, -0.2) is 46.8 Å². The molecule has 1 aliphatic rings. The highest BCUT2D eigenvalue weighted by Gasteiger charge is 2.23. The van der Waals surface area contributed by atoms with Crippen LogP contribution in [0.5, 0.6) is 5.88 Å². The van der Waals surface area contributed by atoms with Crippen molar-refractivity contribution in [3.05, 3.63) is 11.3 Å². The van der Waals surface area contributed by atoms with Gasteiger partial charge in [-0.1, -0.05) is 13.8 Å². The van der Waals surface area contributed by atoms with Gasteiger partial charge in [-0.05, 0) is 19.3 Å². The number of likely N-dealkylation sites (tertiary alicyclic amines) is 1. The summed E-state index contributed by atoms with van der Waals surface area (Å²) in [5, 5.41) is 8.06. The van der Waals surface area contributed by atoms with E-state index >= 15 is 0 Å². The van der Waals surface area contributed by atoms with Gasteiger partial charge in [-0.3, -0.25) is 4.79 Å². The van der Waals surface area contributed by atoms with Gasteiger partial charge in [-0.15, -0.1) is 0 Å². The minimum Gasteiger partial charge on any atom is -0.481 e. The highest BCUT2D eigenvalue weighted by Crippen LogP contribution is 2.27. The van der Waals surface area contributed by atoms with Crippen LogP contribution in [0.1, 0.15) is 50.8 Å². The monoisotopic (exact) mass is 308 g/mol. The molecule has 0 saturated carbocycles. The first-order valence-electron chi connectivity index (χ1n) is 8.05. The van der Waals surface area contributed by atoms with E-state index in [0.29, 0.717) is 18.9 Å². The molecule has 1 aromatic heterocycles. The number of hydrogen-bond acceptors (Lipinski definition) is 4. The number of nitrogens with zero attached hydrogens (tertiary/aromatic N) is 3. The Balaban J connectivity index is 1.99. The van der Waals surface area contributed by atoms with Gasteiger partial charge >= 0.3 is 0 Å². The maximum atomic E-state index is 11.7. The second kappa shape index (κ2) is 7.13. The summed E-state index contributed by atoms with van der Waals surface area (Å²) in [5.74, 6) is 1.43. The van der Waals surface area contributed by atoms with Gasteiger partial charge in [0, 0.05) is 39.1 Å². The van der Waals surface area contributed by atoms with Crippen LogP contribution >= 0.6 is 0 Å². The van der Waals surface area contributed by atoms with E-state index in [1.807, 2.05) is 11.9 Å². The molecule has 1 fully saturated rings. The number of carbonyl (C=O) groups excluding carboxylic acids is 1. The summed E-state index contributed by atoms with van der Waals surface area (Å²) in [4.78, 5) is 13.6. The molecular weight excluding hydrogens is 280 g/mol. The molecule has 0 aliphatic carbocycles. The number of hydrogen-bond donors (Lipinski definition) is 1. The Morgan fingerprint density at radius 1 is 1.36 bits per heavy atom. The molecule has 0 radical (unpaired) electrons. The number of carbonyl (C=O) groups is 1. The standard InChI is InChI=1S/C16H28N4O2/c1-11(2)15-13(16(22-5)19(4)18-15)9-17-12(3)10-20-8-6-7-14(20)21/h11-12,17H,6-10H2,1-5H3. The predicted octanol–water partition coefficient (Wildman–Crippen LogP) is 1.65. The first-order valence-corrected chi connectivity index (χ1v) is 8.05. The molecule has 1 N–H and O–H groups in total. The smallest absolute Gasteiger partial charge is 0.222 e. The zero-order valence-electron chi connectivity index (χ0n) is 14.3. The molecule has 0 bridgehead atoms. The van der Waals surface area contributed by atoms with Gasteiger partial charge in [0.25, 0.3) is 0 Å². The van der Waals surface area contributed by atoms with Crippen LogP contribution < -0.4 is 10.1 Å². The fourth-order valence-corrected chi connectivity index (χ4v) is 3.03. The van der Waals surface area contributed by atoms with Crippen molar-refractivity contribution < 1.29 is 9.53 Å². The fraction of sp³-hybridized carbons (Fsp3) is 0.750. The van der Waals surface area contributed by atoms with Gasteiger partial charge in [-0.2, -0.15) is 5.10 Å². The topological polar surface area (TPSA) is 59.4 Å². The van der Waals surface area contributed by atoms with E-state index in [-0.39, 0.29) is 11.9 Å². The third-order valence-corrected chi connectivity index (χ3v) is 4.15. The molecule has 1 aromatic rings. The van der Waals surface area contributed by atoms with Crippen LogP contribution in [0.4, 0.5) is 0 Å². The summed E-state index contributed by atoms with van der Waals surface area (Å²) in [6.45, 7) is 8.74. The van der Waals surface area contributed by atoms with Crippen molar-refractivity contribution in [2.45, 2.75) is 52.1 Å². The molecule has 1 aliphatic heterocycles. The van der Waals surface area contributed by atoms with E-state index in [1.165, 1.54) is 0 Å². The minimum atomic E-state index is 0.243. The highest BCUT2D eigenvalue weighted by molar-refractivity contribution is 5.78. The van der Waals surface area contributed by atoms with Crippen LogP contribution in [-0.2, 0) is 18.4 Å². The number of nitrogens with one attached hydrogen (secondary N) is 1. The first-order chi connectivity index (χ1) is 10.4. The van der Waals surface area contributed by atoms with Gasteiger partial charge in [0.1, 0.15) is 0 Å². The van der Waals surface area contributed by atoms with Crippen LogP contribution in [0.15, 0.2) is 0 Å². The maximum absolute atomic E-state index is 11.7. The fourth-order valence-electron chi connectivity index (χ4n) is 3.03. The second-order valence-electron chi connectivity index (χ2n) is 6.38. The van der Waals surface area contributed by atoms with Gasteiger partial charge in [0.15, 0.2) is 0 Å². The van der Waals surface area contributed by atoms with E-state index < -0.39 is 0 Å². The molecule has 22 heavy (non-hydrogen) atoms. The van der Waals surface area contributed by atoms with Crippen molar-refractivity contribution in [2.24, 2.45) is 7.05 Å². The lowest BCUT2D eigenvalue weighted by Crippen LogP contribution is -2.39. The summed E-state index contributed by atoms with van der Waals surface area (Å²) in [5.41, 5.74) is 2.18. The SMILES string of the molecule is COc1c(CNC(C)CN2CCCC2=O)c(C(C)C)nn1C. The zero-order valence-corrected chi connectivity index (χ0v) is 14.3. The number of aryl methyl sites for hydroxylation is 1. The Kier molecular flexibility index (Phi) is 5.45. The van der Waals surface area contributed by atoms with E-state index in [1.54, 1.807) is 11.8 Å². The molecule has 124 valence electrons. The number of ether oxygens (including phenoxy) is 1. The summed E-state index contributed by atoms with van der Waals surface area (Å²) < 4.78 is 7.28. The largest absolute Gasteiger partial charge is 0.481 e. The van der Waals surface area contributed by atoms with Crippen molar-refractivity contribution >= 4 is 5.91 Å². The molecule has 0 aromatic carbocycles. The molecule has 1 atom stereocenters. The molecule has 6 heteroatoms. The van der Waals surface area contributed by atoms with Gasteiger partial charge in [0.2, 0.25) is 11.8 Å². The average molecular weight is 308 g/mol. The van der Waals surface area contributed by atoms with Crippen molar-refractivity contribution in [1.29, 1.82) is 0 Å². The Morgan fingerprint density at radius 3 is 2.64 bits per heavy atom. The van der Waals surface area contributed by atoms with Gasteiger partial charge in [-0.25, -0.2) is 4.68 Å². The summed E-state index contributed by atoms with van der Waals surface area (Å²) in [7, 11) is 3.58. The maximum Gasteiger partial charge on any atom is 0.222 e. The lowest BCUT2D eigenvalue weighted by atomic mass is 10.1. The van der Waals surface area contributed by atoms with Crippen molar-refractivity contribution in [3.63, 3.8) is 0 Å². The van der Waals surface area contributed by atoms with Gasteiger partial charge in [0.05, 0.1) is 18.4 Å². The first kappa shape index (κ1) is 16.8. The Morgan fingerprint density at radius 2 is 2.09 bits per heavy atom. The van der Waals surface area contributed by atoms with Gasteiger partial charge < -0.3 is 15.0 Å². The van der Waals surface area contributed by atoms with Crippen molar-refractivity contribution in [2.75, 3.05) is 20.2 Å². The Hall–Kier alpha value is -1.56. The minimum absolute atomic E-state index is 0.243. The van der Waals surface area contributed by atoms with Crippen molar-refractivity contribution in [3.8, 4) is 5.88 Å². The van der Waals surface area contributed by atoms with Crippen LogP contribution in [0.25, 0.3) is 0 Å². The Labute approximate surface area is 132 Å². The molecule has 2 heterocycles. The van der Waals surface area contributed by atoms with E-state index in [0.717, 1.165) is 36.6 Å². The van der Waals surface area contributed by atoms with E-state index in [2.05, 4.69) is 31.2 Å². The third-order valence-electron chi connectivity index (χ3n) is 4.15. The highest BCUT2D eigenvalue weighted by atomic mass is 16.5. The normalized spacial score (nSPS) is 16.6. The van der Waals surface area contributed by atoms with E-state index in [9.17, 15) is 4.79 Å². The molecule has 1 amide bonds. The summed E-state index contributed by atoms with van der Waals surface area (Å²) >= 11 is 0. The molecule has 1 saturated heterocycles. The molecule has 1 unspecified atom stereocenters. The Bertz CT molecular complexity index is 524. The number of methoxy groups -OCH3 is 1. The predicted molar refractivity (Wildman–Crippen MR) is 86.0 cm³/mol. The number of amides is 1. The number of aromatic nitrogens is 2. The zero-order chi connectivity index (χ0) is 16.3. The quantitative estimate of drug-likeness (QED) is 0.832. The summed E-state index contributed by atoms with van der Waals surface area (Å²) in [6, 6.07) is 0.243. The molecular formula is C16H28N4O2. The lowest BCUT2D eigenvalue weighted by molar-refractivity contribution is -0.127. The molecule has 6 nitrogen and oxygen atoms in total. The summed E-state index contributed by atoms with van der Waals surface area (Å²) in [6.07, 6.45) is 1.68. The molecule has 0 spiro atoms. The van der Waals surface area contributed by atoms with Crippen LogP contribution in [0.2, 0.25) is 0 Å².